The third-order valence-electron chi connectivity index (χ3n) is 2.85. The molecule has 2 nitrogen and oxygen atoms in total. The van der Waals surface area contributed by atoms with Crippen LogP contribution in [0, 0.1) is 0 Å². The largest absolute Gasteiger partial charge is 0.489 e. The Bertz CT molecular complexity index is 348. The van der Waals surface area contributed by atoms with E-state index in [2.05, 4.69) is 46.4 Å². The molecule has 0 amide bonds. The van der Waals surface area contributed by atoms with Gasteiger partial charge in [0.1, 0.15) is 11.9 Å². The van der Waals surface area contributed by atoms with Crippen molar-refractivity contribution in [2.75, 3.05) is 13.1 Å². The molecule has 88 valence electrons. The Labute approximate surface area is 106 Å². The Morgan fingerprint density at radius 3 is 3.06 bits per heavy atom. The van der Waals surface area contributed by atoms with Gasteiger partial charge in [-0.2, -0.15) is 0 Å². The molecule has 1 aliphatic heterocycles. The topological polar surface area (TPSA) is 21.3 Å². The Kier molecular flexibility index (Phi) is 4.24. The molecule has 2 rings (SSSR count). The SMILES string of the molecule is CCCc1cc(Br)ccc1O[C@@H]1CCNC1. The maximum Gasteiger partial charge on any atom is 0.123 e. The van der Waals surface area contributed by atoms with Gasteiger partial charge in [0.25, 0.3) is 0 Å². The van der Waals surface area contributed by atoms with E-state index < -0.39 is 0 Å². The Morgan fingerprint density at radius 2 is 2.38 bits per heavy atom. The van der Waals surface area contributed by atoms with Crippen molar-refractivity contribution in [2.24, 2.45) is 0 Å². The number of rotatable bonds is 4. The van der Waals surface area contributed by atoms with Gasteiger partial charge in [0.15, 0.2) is 0 Å². The molecule has 16 heavy (non-hydrogen) atoms. The monoisotopic (exact) mass is 283 g/mol. The first kappa shape index (κ1) is 11.9. The summed E-state index contributed by atoms with van der Waals surface area (Å²) < 4.78 is 7.16. The minimum absolute atomic E-state index is 0.344. The molecule has 0 aromatic heterocycles. The van der Waals surface area contributed by atoms with Gasteiger partial charge < -0.3 is 10.1 Å². The van der Waals surface area contributed by atoms with Crippen molar-refractivity contribution >= 4 is 15.9 Å². The first-order valence-electron chi connectivity index (χ1n) is 5.95. The molecule has 1 saturated heterocycles. The number of halogens is 1. The van der Waals surface area contributed by atoms with Crippen LogP contribution in [-0.4, -0.2) is 19.2 Å². The van der Waals surface area contributed by atoms with Gasteiger partial charge in [0.05, 0.1) is 0 Å². The first-order valence-corrected chi connectivity index (χ1v) is 6.74. The van der Waals surface area contributed by atoms with Gasteiger partial charge in [-0.15, -0.1) is 0 Å². The van der Waals surface area contributed by atoms with E-state index in [1.54, 1.807) is 0 Å². The molecule has 1 N–H and O–H groups in total. The van der Waals surface area contributed by atoms with Crippen LogP contribution in [0.5, 0.6) is 5.75 Å². The molecule has 1 aromatic carbocycles. The van der Waals surface area contributed by atoms with Crippen molar-refractivity contribution in [1.82, 2.24) is 5.32 Å². The van der Waals surface area contributed by atoms with Crippen molar-refractivity contribution in [2.45, 2.75) is 32.3 Å². The first-order chi connectivity index (χ1) is 7.79. The van der Waals surface area contributed by atoms with E-state index in [9.17, 15) is 0 Å². The van der Waals surface area contributed by atoms with Crippen LogP contribution in [-0.2, 0) is 6.42 Å². The standard InChI is InChI=1S/C13H18BrNO/c1-2-3-10-8-11(14)4-5-13(10)16-12-6-7-15-9-12/h4-5,8,12,15H,2-3,6-7,9H2,1H3/t12-/m1/s1. The maximum atomic E-state index is 6.03. The molecule has 1 fully saturated rings. The summed E-state index contributed by atoms with van der Waals surface area (Å²) in [6, 6.07) is 6.30. The van der Waals surface area contributed by atoms with Crippen LogP contribution in [0.2, 0.25) is 0 Å². The van der Waals surface area contributed by atoms with Crippen molar-refractivity contribution in [3.8, 4) is 5.75 Å². The third-order valence-corrected chi connectivity index (χ3v) is 3.34. The minimum Gasteiger partial charge on any atom is -0.489 e. The van der Waals surface area contributed by atoms with E-state index in [0.29, 0.717) is 6.10 Å². The lowest BCUT2D eigenvalue weighted by molar-refractivity contribution is 0.221. The van der Waals surface area contributed by atoms with Gasteiger partial charge in [-0.1, -0.05) is 29.3 Å². The number of hydrogen-bond donors (Lipinski definition) is 1. The molecule has 1 atom stereocenters. The van der Waals surface area contributed by atoms with Crippen LogP contribution >= 0.6 is 15.9 Å². The summed E-state index contributed by atoms with van der Waals surface area (Å²) >= 11 is 3.51. The molecule has 1 aliphatic rings. The van der Waals surface area contributed by atoms with Crippen LogP contribution in [0.4, 0.5) is 0 Å². The Morgan fingerprint density at radius 1 is 1.50 bits per heavy atom. The van der Waals surface area contributed by atoms with Crippen molar-refractivity contribution in [1.29, 1.82) is 0 Å². The smallest absolute Gasteiger partial charge is 0.123 e. The van der Waals surface area contributed by atoms with Crippen molar-refractivity contribution in [3.63, 3.8) is 0 Å². The fourth-order valence-corrected chi connectivity index (χ4v) is 2.44. The molecule has 0 aliphatic carbocycles. The zero-order chi connectivity index (χ0) is 11.4. The fraction of sp³-hybridized carbons (Fsp3) is 0.538. The van der Waals surface area contributed by atoms with Crippen LogP contribution in [0.3, 0.4) is 0 Å². The number of nitrogens with one attached hydrogen (secondary N) is 1. The molecule has 1 aromatic rings. The predicted octanol–water partition coefficient (Wildman–Crippen LogP) is 3.14. The summed E-state index contributed by atoms with van der Waals surface area (Å²) in [6.45, 7) is 4.24. The van der Waals surface area contributed by atoms with Gasteiger partial charge in [0.2, 0.25) is 0 Å². The van der Waals surface area contributed by atoms with Gasteiger partial charge in [0, 0.05) is 11.0 Å². The highest BCUT2D eigenvalue weighted by Gasteiger charge is 2.17. The highest BCUT2D eigenvalue weighted by molar-refractivity contribution is 9.10. The fourth-order valence-electron chi connectivity index (χ4n) is 2.04. The lowest BCUT2D eigenvalue weighted by Gasteiger charge is -2.16. The molecular weight excluding hydrogens is 266 g/mol. The van der Waals surface area contributed by atoms with Crippen molar-refractivity contribution < 1.29 is 4.74 Å². The minimum atomic E-state index is 0.344. The molecule has 0 unspecified atom stereocenters. The normalized spacial score (nSPS) is 20.0. The van der Waals surface area contributed by atoms with E-state index >= 15 is 0 Å². The highest BCUT2D eigenvalue weighted by Crippen LogP contribution is 2.26. The highest BCUT2D eigenvalue weighted by atomic mass is 79.9. The van der Waals surface area contributed by atoms with E-state index in [4.69, 9.17) is 4.74 Å². The van der Waals surface area contributed by atoms with Crippen LogP contribution in [0.15, 0.2) is 22.7 Å². The Balaban J connectivity index is 2.11. The average molecular weight is 284 g/mol. The lowest BCUT2D eigenvalue weighted by atomic mass is 10.1. The average Bonchev–Trinajstić information content (AvgIpc) is 2.75. The molecule has 1 heterocycles. The number of aryl methyl sites for hydroxylation is 1. The zero-order valence-corrected chi connectivity index (χ0v) is 11.2. The maximum absolute atomic E-state index is 6.03. The molecular formula is C13H18BrNO. The summed E-state index contributed by atoms with van der Waals surface area (Å²) in [4.78, 5) is 0. The van der Waals surface area contributed by atoms with Gasteiger partial charge in [-0.05, 0) is 43.1 Å². The van der Waals surface area contributed by atoms with E-state index in [1.165, 1.54) is 5.56 Å². The second-order valence-electron chi connectivity index (χ2n) is 4.23. The quantitative estimate of drug-likeness (QED) is 0.917. The molecule has 0 spiro atoms. The summed E-state index contributed by atoms with van der Waals surface area (Å²) in [7, 11) is 0. The number of benzene rings is 1. The van der Waals surface area contributed by atoms with Gasteiger partial charge in [-0.3, -0.25) is 0 Å². The summed E-state index contributed by atoms with van der Waals surface area (Å²) in [5.74, 6) is 1.05. The number of hydrogen-bond acceptors (Lipinski definition) is 2. The van der Waals surface area contributed by atoms with Gasteiger partial charge >= 0.3 is 0 Å². The molecule has 3 heteroatoms. The van der Waals surface area contributed by atoms with Crippen LogP contribution < -0.4 is 10.1 Å². The third kappa shape index (κ3) is 2.98. The van der Waals surface area contributed by atoms with Crippen LogP contribution in [0.25, 0.3) is 0 Å². The van der Waals surface area contributed by atoms with E-state index in [0.717, 1.165) is 42.6 Å². The molecule has 0 bridgehead atoms. The Hall–Kier alpha value is -0.540. The summed E-state index contributed by atoms with van der Waals surface area (Å²) in [5, 5.41) is 3.32. The molecule has 0 radical (unpaired) electrons. The van der Waals surface area contributed by atoms with E-state index in [-0.39, 0.29) is 0 Å². The van der Waals surface area contributed by atoms with Crippen molar-refractivity contribution in [3.05, 3.63) is 28.2 Å². The van der Waals surface area contributed by atoms with Crippen LogP contribution in [0.1, 0.15) is 25.3 Å². The number of ether oxygens (including phenoxy) is 1. The molecule has 0 saturated carbocycles. The zero-order valence-electron chi connectivity index (χ0n) is 9.63. The summed E-state index contributed by atoms with van der Waals surface area (Å²) in [6.07, 6.45) is 3.68. The van der Waals surface area contributed by atoms with E-state index in [1.807, 2.05) is 0 Å². The van der Waals surface area contributed by atoms with Gasteiger partial charge in [-0.25, -0.2) is 0 Å². The predicted molar refractivity (Wildman–Crippen MR) is 70.0 cm³/mol. The second kappa shape index (κ2) is 5.69. The lowest BCUT2D eigenvalue weighted by Crippen LogP contribution is -2.20. The summed E-state index contributed by atoms with van der Waals surface area (Å²) in [5.41, 5.74) is 1.31. The second-order valence-corrected chi connectivity index (χ2v) is 5.15.